The van der Waals surface area contributed by atoms with E-state index in [1.807, 2.05) is 46.4 Å². The molecule has 3 heteroatoms. The van der Waals surface area contributed by atoms with Crippen LogP contribution in [0.25, 0.3) is 0 Å². The minimum Gasteiger partial charge on any atom is -0.444 e. The van der Waals surface area contributed by atoms with Crippen molar-refractivity contribution in [1.29, 1.82) is 0 Å². The van der Waals surface area contributed by atoms with Gasteiger partial charge >= 0.3 is 6.09 Å². The fraction of sp³-hybridized carbons (Fsp3) is 0.667. The zero-order valence-electron chi connectivity index (χ0n) is 16.8. The summed E-state index contributed by atoms with van der Waals surface area (Å²) in [5, 5.41) is 0. The molecule has 0 aromatic heterocycles. The molecule has 1 saturated heterocycles. The first kappa shape index (κ1) is 22.5. The van der Waals surface area contributed by atoms with Crippen molar-refractivity contribution in [2.75, 3.05) is 13.1 Å². The standard InChI is InChI=1S/C19H31NO2.C2H6/c1-6-8-9-10-11-16(7-2)17-12-14-20(15-13-17)18(21)22-19(3,4)5;1-2/h6-8,10-11,17H,9,12-15H2,1-5H3;1-2H3/b8-6-,11-10?,16-7+;. The van der Waals surface area contributed by atoms with E-state index in [-0.39, 0.29) is 6.09 Å². The number of nitrogens with zero attached hydrogens (tertiary/aromatic N) is 1. The van der Waals surface area contributed by atoms with Crippen LogP contribution in [0.5, 0.6) is 0 Å². The van der Waals surface area contributed by atoms with E-state index in [1.165, 1.54) is 5.57 Å². The predicted octanol–water partition coefficient (Wildman–Crippen LogP) is 6.13. The van der Waals surface area contributed by atoms with Gasteiger partial charge in [-0.05, 0) is 65.4 Å². The number of likely N-dealkylation sites (tertiary alicyclic amines) is 1. The van der Waals surface area contributed by atoms with E-state index >= 15 is 0 Å². The second kappa shape index (κ2) is 11.9. The molecule has 0 bridgehead atoms. The summed E-state index contributed by atoms with van der Waals surface area (Å²) >= 11 is 0. The summed E-state index contributed by atoms with van der Waals surface area (Å²) in [6.07, 6.45) is 13.7. The van der Waals surface area contributed by atoms with E-state index < -0.39 is 5.60 Å². The lowest BCUT2D eigenvalue weighted by Gasteiger charge is -2.34. The molecule has 3 nitrogen and oxygen atoms in total. The topological polar surface area (TPSA) is 29.5 Å². The van der Waals surface area contributed by atoms with Gasteiger partial charge in [-0.15, -0.1) is 0 Å². The fourth-order valence-electron chi connectivity index (χ4n) is 2.61. The average molecular weight is 336 g/mol. The Labute approximate surface area is 149 Å². The predicted molar refractivity (Wildman–Crippen MR) is 104 cm³/mol. The minimum absolute atomic E-state index is 0.184. The third-order valence-electron chi connectivity index (χ3n) is 3.77. The van der Waals surface area contributed by atoms with Crippen LogP contribution in [0.2, 0.25) is 0 Å². The summed E-state index contributed by atoms with van der Waals surface area (Å²) in [6.45, 7) is 15.4. The maximum Gasteiger partial charge on any atom is 0.410 e. The molecule has 1 aliphatic heterocycles. The van der Waals surface area contributed by atoms with Crippen molar-refractivity contribution >= 4 is 6.09 Å². The van der Waals surface area contributed by atoms with Gasteiger partial charge in [-0.1, -0.05) is 44.2 Å². The van der Waals surface area contributed by atoms with Crippen molar-refractivity contribution in [3.05, 3.63) is 36.0 Å². The Hall–Kier alpha value is -1.51. The van der Waals surface area contributed by atoms with Crippen molar-refractivity contribution in [1.82, 2.24) is 4.90 Å². The summed E-state index contributed by atoms with van der Waals surface area (Å²) in [5.41, 5.74) is 0.964. The normalized spacial score (nSPS) is 17.1. The summed E-state index contributed by atoms with van der Waals surface area (Å²) in [6, 6.07) is 0. The second-order valence-electron chi connectivity index (χ2n) is 6.74. The van der Waals surface area contributed by atoms with Crippen LogP contribution in [0, 0.1) is 5.92 Å². The maximum atomic E-state index is 12.1. The van der Waals surface area contributed by atoms with Gasteiger partial charge in [0.2, 0.25) is 0 Å². The first-order chi connectivity index (χ1) is 11.4. The summed E-state index contributed by atoms with van der Waals surface area (Å²) in [5.74, 6) is 0.547. The van der Waals surface area contributed by atoms with E-state index in [0.717, 1.165) is 32.4 Å². The monoisotopic (exact) mass is 335 g/mol. The average Bonchev–Trinajstić information content (AvgIpc) is 2.55. The third kappa shape index (κ3) is 8.95. The van der Waals surface area contributed by atoms with Crippen molar-refractivity contribution in [2.24, 2.45) is 5.92 Å². The first-order valence-electron chi connectivity index (χ1n) is 9.29. The largest absolute Gasteiger partial charge is 0.444 e. The molecular formula is C21H37NO2. The Kier molecular flexibility index (Phi) is 11.2. The van der Waals surface area contributed by atoms with Crippen LogP contribution in [0.1, 0.15) is 67.7 Å². The van der Waals surface area contributed by atoms with E-state index in [4.69, 9.17) is 4.74 Å². The van der Waals surface area contributed by atoms with Crippen LogP contribution in [-0.2, 0) is 4.74 Å². The second-order valence-corrected chi connectivity index (χ2v) is 6.74. The summed E-state index contributed by atoms with van der Waals surface area (Å²) < 4.78 is 5.44. The number of hydrogen-bond donors (Lipinski definition) is 0. The van der Waals surface area contributed by atoms with Gasteiger partial charge in [0.1, 0.15) is 5.60 Å². The Morgan fingerprint density at radius 3 is 2.17 bits per heavy atom. The molecule has 0 aromatic rings. The Morgan fingerprint density at radius 2 is 1.71 bits per heavy atom. The van der Waals surface area contributed by atoms with Gasteiger partial charge in [-0.2, -0.15) is 0 Å². The molecule has 0 spiro atoms. The van der Waals surface area contributed by atoms with Crippen molar-refractivity contribution in [2.45, 2.75) is 73.3 Å². The van der Waals surface area contributed by atoms with Crippen LogP contribution in [0.4, 0.5) is 4.79 Å². The highest BCUT2D eigenvalue weighted by molar-refractivity contribution is 5.68. The van der Waals surface area contributed by atoms with Gasteiger partial charge < -0.3 is 9.64 Å². The molecule has 1 aliphatic rings. The van der Waals surface area contributed by atoms with E-state index in [0.29, 0.717) is 5.92 Å². The lowest BCUT2D eigenvalue weighted by molar-refractivity contribution is 0.0195. The van der Waals surface area contributed by atoms with Crippen LogP contribution >= 0.6 is 0 Å². The number of ether oxygens (including phenoxy) is 1. The number of rotatable bonds is 4. The number of piperidine rings is 1. The molecule has 0 radical (unpaired) electrons. The molecule has 0 aromatic carbocycles. The van der Waals surface area contributed by atoms with Gasteiger partial charge in [0, 0.05) is 13.1 Å². The molecule has 138 valence electrons. The molecule has 24 heavy (non-hydrogen) atoms. The first-order valence-corrected chi connectivity index (χ1v) is 9.29. The lowest BCUT2D eigenvalue weighted by atomic mass is 9.88. The molecule has 0 saturated carbocycles. The van der Waals surface area contributed by atoms with E-state index in [9.17, 15) is 4.79 Å². The zero-order chi connectivity index (χ0) is 18.6. The van der Waals surface area contributed by atoms with Crippen molar-refractivity contribution in [3.8, 4) is 0 Å². The highest BCUT2D eigenvalue weighted by Gasteiger charge is 2.27. The fourth-order valence-corrected chi connectivity index (χ4v) is 2.61. The Morgan fingerprint density at radius 1 is 1.12 bits per heavy atom. The van der Waals surface area contributed by atoms with Gasteiger partial charge in [0.25, 0.3) is 0 Å². The van der Waals surface area contributed by atoms with Crippen LogP contribution < -0.4 is 0 Å². The molecular weight excluding hydrogens is 298 g/mol. The zero-order valence-corrected chi connectivity index (χ0v) is 16.8. The van der Waals surface area contributed by atoms with Crippen LogP contribution in [-0.4, -0.2) is 29.7 Å². The highest BCUT2D eigenvalue weighted by atomic mass is 16.6. The van der Waals surface area contributed by atoms with Gasteiger partial charge in [-0.25, -0.2) is 4.79 Å². The van der Waals surface area contributed by atoms with Gasteiger partial charge in [-0.3, -0.25) is 0 Å². The number of hydrogen-bond acceptors (Lipinski definition) is 2. The van der Waals surface area contributed by atoms with Gasteiger partial charge in [0.15, 0.2) is 0 Å². The number of carbonyl (C=O) groups excluding carboxylic acids is 1. The molecule has 1 rings (SSSR count). The minimum atomic E-state index is -0.419. The van der Waals surface area contributed by atoms with Crippen molar-refractivity contribution < 1.29 is 9.53 Å². The molecule has 1 fully saturated rings. The number of amides is 1. The molecule has 0 atom stereocenters. The van der Waals surface area contributed by atoms with Gasteiger partial charge in [0.05, 0.1) is 0 Å². The molecule has 0 N–H and O–H groups in total. The Balaban J connectivity index is 0.00000254. The smallest absolute Gasteiger partial charge is 0.410 e. The summed E-state index contributed by atoms with van der Waals surface area (Å²) in [7, 11) is 0. The molecule has 0 aliphatic carbocycles. The molecule has 1 amide bonds. The van der Waals surface area contributed by atoms with Crippen LogP contribution in [0.3, 0.4) is 0 Å². The van der Waals surface area contributed by atoms with E-state index in [2.05, 4.69) is 37.3 Å². The molecule has 1 heterocycles. The van der Waals surface area contributed by atoms with Crippen LogP contribution in [0.15, 0.2) is 36.0 Å². The third-order valence-corrected chi connectivity index (χ3v) is 3.77. The number of carbonyl (C=O) groups is 1. The maximum absolute atomic E-state index is 12.1. The van der Waals surface area contributed by atoms with Crippen molar-refractivity contribution in [3.63, 3.8) is 0 Å². The highest BCUT2D eigenvalue weighted by Crippen LogP contribution is 2.26. The molecule has 0 unspecified atom stereocenters. The van der Waals surface area contributed by atoms with E-state index in [1.54, 1.807) is 0 Å². The summed E-state index contributed by atoms with van der Waals surface area (Å²) in [4.78, 5) is 13.9. The quantitative estimate of drug-likeness (QED) is 0.457. The Bertz CT molecular complexity index is 433. The SMILES string of the molecule is C/C=C\CC=C/C(=C\C)C1CCN(C(=O)OC(C)(C)C)CC1.CC. The number of allylic oxidation sites excluding steroid dienone is 6. The lowest BCUT2D eigenvalue weighted by Crippen LogP contribution is -2.41.